The van der Waals surface area contributed by atoms with E-state index in [1.807, 2.05) is 31.2 Å². The van der Waals surface area contributed by atoms with Crippen molar-refractivity contribution in [2.75, 3.05) is 12.3 Å². The summed E-state index contributed by atoms with van der Waals surface area (Å²) in [4.78, 5) is 0. The SMILES string of the molecule is Cc1cccc(OCCn2c(N)n[nH]c2=S)c1. The molecular formula is C11H14N4OS. The third kappa shape index (κ3) is 2.85. The number of aromatic nitrogens is 3. The number of ether oxygens (including phenoxy) is 1. The number of hydrogen-bond acceptors (Lipinski definition) is 4. The second-order valence-corrected chi connectivity index (χ2v) is 4.09. The number of hydrogen-bond donors (Lipinski definition) is 2. The van der Waals surface area contributed by atoms with Gasteiger partial charge >= 0.3 is 0 Å². The third-order valence-corrected chi connectivity index (χ3v) is 2.67. The Balaban J connectivity index is 1.94. The average Bonchev–Trinajstić information content (AvgIpc) is 2.61. The molecule has 0 amide bonds. The topological polar surface area (TPSA) is 68.9 Å². The summed E-state index contributed by atoms with van der Waals surface area (Å²) < 4.78 is 7.81. The Bertz CT molecular complexity index is 561. The van der Waals surface area contributed by atoms with Gasteiger partial charge < -0.3 is 10.5 Å². The van der Waals surface area contributed by atoms with Crippen molar-refractivity contribution in [3.8, 4) is 5.75 Å². The number of anilines is 1. The molecule has 17 heavy (non-hydrogen) atoms. The number of nitrogens with one attached hydrogen (secondary N) is 1. The third-order valence-electron chi connectivity index (χ3n) is 2.36. The van der Waals surface area contributed by atoms with Crippen LogP contribution in [-0.2, 0) is 6.54 Å². The maximum Gasteiger partial charge on any atom is 0.220 e. The number of H-pyrrole nitrogens is 1. The molecule has 0 radical (unpaired) electrons. The zero-order valence-corrected chi connectivity index (χ0v) is 10.3. The maximum atomic E-state index is 5.64. The van der Waals surface area contributed by atoms with Gasteiger partial charge in [-0.1, -0.05) is 12.1 Å². The first-order valence-electron chi connectivity index (χ1n) is 5.27. The van der Waals surface area contributed by atoms with E-state index in [-0.39, 0.29) is 0 Å². The van der Waals surface area contributed by atoms with Crippen LogP contribution in [0.4, 0.5) is 5.95 Å². The molecule has 1 heterocycles. The lowest BCUT2D eigenvalue weighted by molar-refractivity contribution is 0.298. The van der Waals surface area contributed by atoms with Crippen molar-refractivity contribution >= 4 is 18.2 Å². The van der Waals surface area contributed by atoms with E-state index in [1.54, 1.807) is 4.57 Å². The highest BCUT2D eigenvalue weighted by molar-refractivity contribution is 7.71. The summed E-state index contributed by atoms with van der Waals surface area (Å²) in [6, 6.07) is 7.89. The van der Waals surface area contributed by atoms with E-state index < -0.39 is 0 Å². The lowest BCUT2D eigenvalue weighted by Crippen LogP contribution is -2.10. The number of nitrogens with zero attached hydrogens (tertiary/aromatic N) is 2. The van der Waals surface area contributed by atoms with Gasteiger partial charge in [0.25, 0.3) is 0 Å². The van der Waals surface area contributed by atoms with E-state index in [0.717, 1.165) is 5.75 Å². The van der Waals surface area contributed by atoms with Crippen molar-refractivity contribution in [3.63, 3.8) is 0 Å². The minimum Gasteiger partial charge on any atom is -0.492 e. The summed E-state index contributed by atoms with van der Waals surface area (Å²) >= 11 is 5.03. The first-order chi connectivity index (χ1) is 8.16. The van der Waals surface area contributed by atoms with Crippen LogP contribution >= 0.6 is 12.2 Å². The Kier molecular flexibility index (Phi) is 3.43. The molecule has 90 valence electrons. The molecule has 0 fully saturated rings. The summed E-state index contributed by atoms with van der Waals surface area (Å²) in [6.07, 6.45) is 0. The van der Waals surface area contributed by atoms with Crippen LogP contribution in [0.3, 0.4) is 0 Å². The number of benzene rings is 1. The molecule has 2 rings (SSSR count). The van der Waals surface area contributed by atoms with E-state index >= 15 is 0 Å². The molecule has 0 bridgehead atoms. The predicted octanol–water partition coefficient (Wildman–Crippen LogP) is 1.91. The molecule has 1 aromatic carbocycles. The van der Waals surface area contributed by atoms with Crippen LogP contribution in [0, 0.1) is 11.7 Å². The molecular weight excluding hydrogens is 236 g/mol. The Hall–Kier alpha value is -1.82. The molecule has 5 nitrogen and oxygen atoms in total. The van der Waals surface area contributed by atoms with Crippen LogP contribution in [0.25, 0.3) is 0 Å². The molecule has 1 aromatic heterocycles. The predicted molar refractivity (Wildman–Crippen MR) is 68.5 cm³/mol. The van der Waals surface area contributed by atoms with Crippen LogP contribution in [0.5, 0.6) is 5.75 Å². The molecule has 0 unspecified atom stereocenters. The van der Waals surface area contributed by atoms with E-state index in [2.05, 4.69) is 10.2 Å². The van der Waals surface area contributed by atoms with Crippen molar-refractivity contribution in [2.45, 2.75) is 13.5 Å². The van der Waals surface area contributed by atoms with Crippen molar-refractivity contribution in [2.24, 2.45) is 0 Å². The maximum absolute atomic E-state index is 5.64. The largest absolute Gasteiger partial charge is 0.492 e. The molecule has 0 atom stereocenters. The standard InChI is InChI=1S/C11H14N4OS/c1-8-3-2-4-9(7-8)16-6-5-15-10(12)13-14-11(15)17/h2-4,7H,5-6H2,1H3,(H2,12,13)(H,14,17). The van der Waals surface area contributed by atoms with Gasteiger partial charge in [0.15, 0.2) is 4.77 Å². The van der Waals surface area contributed by atoms with Crippen LogP contribution in [0.2, 0.25) is 0 Å². The number of aromatic amines is 1. The molecule has 2 aromatic rings. The number of aryl methyl sites for hydroxylation is 1. The molecule has 0 aliphatic heterocycles. The van der Waals surface area contributed by atoms with Crippen LogP contribution < -0.4 is 10.5 Å². The highest BCUT2D eigenvalue weighted by atomic mass is 32.1. The fourth-order valence-electron chi connectivity index (χ4n) is 1.51. The van der Waals surface area contributed by atoms with Crippen molar-refractivity contribution in [1.29, 1.82) is 0 Å². The molecule has 0 saturated carbocycles. The normalized spacial score (nSPS) is 10.4. The zero-order chi connectivity index (χ0) is 12.3. The monoisotopic (exact) mass is 250 g/mol. The quantitative estimate of drug-likeness (QED) is 0.813. The summed E-state index contributed by atoms with van der Waals surface area (Å²) in [5, 5.41) is 6.45. The van der Waals surface area contributed by atoms with E-state index in [4.69, 9.17) is 22.7 Å². The van der Waals surface area contributed by atoms with Gasteiger partial charge in [-0.3, -0.25) is 4.57 Å². The summed E-state index contributed by atoms with van der Waals surface area (Å²) in [5.41, 5.74) is 6.81. The van der Waals surface area contributed by atoms with Gasteiger partial charge in [0.1, 0.15) is 12.4 Å². The molecule has 0 spiro atoms. The highest BCUT2D eigenvalue weighted by Gasteiger charge is 2.01. The van der Waals surface area contributed by atoms with Gasteiger partial charge in [-0.05, 0) is 36.8 Å². The van der Waals surface area contributed by atoms with Gasteiger partial charge in [0.05, 0.1) is 6.54 Å². The lowest BCUT2D eigenvalue weighted by Gasteiger charge is -2.07. The Labute approximate surface area is 104 Å². The molecule has 6 heteroatoms. The highest BCUT2D eigenvalue weighted by Crippen LogP contribution is 2.12. The molecule has 0 saturated heterocycles. The minimum absolute atomic E-state index is 0.378. The fourth-order valence-corrected chi connectivity index (χ4v) is 1.74. The van der Waals surface area contributed by atoms with Gasteiger partial charge in [-0.2, -0.15) is 0 Å². The van der Waals surface area contributed by atoms with Crippen molar-refractivity contribution < 1.29 is 4.74 Å². The number of nitrogen functional groups attached to an aromatic ring is 1. The molecule has 0 aliphatic rings. The second kappa shape index (κ2) is 5.01. The Morgan fingerprint density at radius 1 is 1.53 bits per heavy atom. The smallest absolute Gasteiger partial charge is 0.220 e. The zero-order valence-electron chi connectivity index (χ0n) is 9.51. The van der Waals surface area contributed by atoms with Crippen molar-refractivity contribution in [1.82, 2.24) is 14.8 Å². The van der Waals surface area contributed by atoms with E-state index in [9.17, 15) is 0 Å². The Morgan fingerprint density at radius 2 is 2.35 bits per heavy atom. The summed E-state index contributed by atoms with van der Waals surface area (Å²) in [6.45, 7) is 3.10. The fraction of sp³-hybridized carbons (Fsp3) is 0.273. The number of rotatable bonds is 4. The first-order valence-corrected chi connectivity index (χ1v) is 5.68. The summed E-state index contributed by atoms with van der Waals surface area (Å²) in [7, 11) is 0. The Morgan fingerprint density at radius 3 is 3.00 bits per heavy atom. The van der Waals surface area contributed by atoms with Crippen molar-refractivity contribution in [3.05, 3.63) is 34.6 Å². The minimum atomic E-state index is 0.378. The van der Waals surface area contributed by atoms with Crippen LogP contribution in [0.15, 0.2) is 24.3 Å². The lowest BCUT2D eigenvalue weighted by atomic mass is 10.2. The number of nitrogens with two attached hydrogens (primary N) is 1. The van der Waals surface area contributed by atoms with Gasteiger partial charge in [0.2, 0.25) is 5.95 Å². The average molecular weight is 250 g/mol. The van der Waals surface area contributed by atoms with E-state index in [1.165, 1.54) is 5.56 Å². The molecule has 0 aliphatic carbocycles. The van der Waals surface area contributed by atoms with Gasteiger partial charge in [-0.15, -0.1) is 5.10 Å². The van der Waals surface area contributed by atoms with Crippen LogP contribution in [-0.4, -0.2) is 21.4 Å². The first kappa shape index (κ1) is 11.7. The summed E-state index contributed by atoms with van der Waals surface area (Å²) in [5.74, 6) is 1.22. The molecule has 3 N–H and O–H groups in total. The van der Waals surface area contributed by atoms with Crippen LogP contribution in [0.1, 0.15) is 5.56 Å². The van der Waals surface area contributed by atoms with Gasteiger partial charge in [0, 0.05) is 0 Å². The van der Waals surface area contributed by atoms with Gasteiger partial charge in [-0.25, -0.2) is 5.10 Å². The van der Waals surface area contributed by atoms with E-state index in [0.29, 0.717) is 23.9 Å². The second-order valence-electron chi connectivity index (χ2n) is 3.70.